The summed E-state index contributed by atoms with van der Waals surface area (Å²) < 4.78 is 1.22. The van der Waals surface area contributed by atoms with E-state index in [-0.39, 0.29) is 0 Å². The number of nitrogens with zero attached hydrogens (tertiary/aromatic N) is 1. The van der Waals surface area contributed by atoms with Gasteiger partial charge in [0.05, 0.1) is 26.7 Å². The molecule has 0 heterocycles. The summed E-state index contributed by atoms with van der Waals surface area (Å²) in [7, 11) is 2.47. The highest BCUT2D eigenvalue weighted by Crippen LogP contribution is 2.29. The van der Waals surface area contributed by atoms with Crippen molar-refractivity contribution in [2.75, 3.05) is 26.7 Å². The molecule has 0 atom stereocenters. The van der Waals surface area contributed by atoms with Gasteiger partial charge in [-0.3, -0.25) is 0 Å². The van der Waals surface area contributed by atoms with Crippen LogP contribution in [0.5, 0.6) is 0 Å². The Labute approximate surface area is 155 Å². The minimum Gasteiger partial charge on any atom is -0.326 e. The summed E-state index contributed by atoms with van der Waals surface area (Å²) >= 11 is 0. The van der Waals surface area contributed by atoms with Crippen LogP contribution in [0.1, 0.15) is 63.0 Å². The maximum atomic E-state index is 2.47. The first-order valence-corrected chi connectivity index (χ1v) is 10.1. The fourth-order valence-electron chi connectivity index (χ4n) is 3.75. The maximum Gasteiger partial charge on any atom is 0.0793 e. The molecule has 0 aliphatic rings. The monoisotopic (exact) mass is 338 g/mol. The minimum absolute atomic E-state index is 0.503. The summed E-state index contributed by atoms with van der Waals surface area (Å²) in [6.45, 7) is 8.50. The molecule has 0 saturated carbocycles. The van der Waals surface area contributed by atoms with Crippen molar-refractivity contribution in [3.05, 3.63) is 71.8 Å². The van der Waals surface area contributed by atoms with E-state index in [1.54, 1.807) is 0 Å². The smallest absolute Gasteiger partial charge is 0.0793 e. The first-order valence-electron chi connectivity index (χ1n) is 10.1. The van der Waals surface area contributed by atoms with Gasteiger partial charge in [-0.05, 0) is 24.0 Å². The number of quaternary nitrogens is 1. The number of benzene rings is 2. The normalized spacial score (nSPS) is 11.8. The van der Waals surface area contributed by atoms with Crippen molar-refractivity contribution in [2.24, 2.45) is 0 Å². The van der Waals surface area contributed by atoms with E-state index in [9.17, 15) is 0 Å². The summed E-state index contributed by atoms with van der Waals surface area (Å²) in [5.74, 6) is 0.503. The van der Waals surface area contributed by atoms with Crippen molar-refractivity contribution < 1.29 is 4.48 Å². The van der Waals surface area contributed by atoms with Crippen LogP contribution in [0.2, 0.25) is 0 Å². The van der Waals surface area contributed by atoms with Crippen molar-refractivity contribution in [3.63, 3.8) is 0 Å². The zero-order valence-corrected chi connectivity index (χ0v) is 16.5. The van der Waals surface area contributed by atoms with Crippen molar-refractivity contribution in [2.45, 2.75) is 51.9 Å². The summed E-state index contributed by atoms with van der Waals surface area (Å²) in [5.41, 5.74) is 2.90. The van der Waals surface area contributed by atoms with Crippen molar-refractivity contribution in [1.29, 1.82) is 0 Å². The molecule has 2 rings (SSSR count). The fraction of sp³-hybridized carbons (Fsp3) is 0.500. The largest absolute Gasteiger partial charge is 0.326 e. The van der Waals surface area contributed by atoms with Crippen LogP contribution in [0, 0.1) is 0 Å². The lowest BCUT2D eigenvalue weighted by Crippen LogP contribution is -2.46. The van der Waals surface area contributed by atoms with Crippen LogP contribution < -0.4 is 0 Å². The SMILES string of the molecule is CCCC[N+](C)(CCCC)CCC(c1ccccc1)c1ccccc1. The van der Waals surface area contributed by atoms with Gasteiger partial charge in [-0.2, -0.15) is 0 Å². The summed E-state index contributed by atoms with van der Waals surface area (Å²) in [6, 6.07) is 22.1. The van der Waals surface area contributed by atoms with Gasteiger partial charge in [0.25, 0.3) is 0 Å². The third-order valence-electron chi connectivity index (χ3n) is 5.46. The van der Waals surface area contributed by atoms with Gasteiger partial charge >= 0.3 is 0 Å². The van der Waals surface area contributed by atoms with Gasteiger partial charge in [-0.15, -0.1) is 0 Å². The van der Waals surface area contributed by atoms with Gasteiger partial charge in [0.15, 0.2) is 0 Å². The molecule has 25 heavy (non-hydrogen) atoms. The molecule has 2 aromatic rings. The van der Waals surface area contributed by atoms with Gasteiger partial charge in [0, 0.05) is 12.3 Å². The molecule has 2 aromatic carbocycles. The molecule has 1 heteroatoms. The number of hydrogen-bond donors (Lipinski definition) is 0. The first kappa shape index (κ1) is 19.7. The van der Waals surface area contributed by atoms with E-state index in [1.165, 1.54) is 67.3 Å². The Morgan fingerprint density at radius 2 is 1.12 bits per heavy atom. The second kappa shape index (κ2) is 10.4. The molecule has 0 bridgehead atoms. The standard InChI is InChI=1S/C24H36N/c1-4-6-19-25(3,20-7-5-2)21-18-24(22-14-10-8-11-15-22)23-16-12-9-13-17-23/h8-17,24H,4-7,18-21H2,1-3H3/q+1. The van der Waals surface area contributed by atoms with Crippen LogP contribution in [0.25, 0.3) is 0 Å². The van der Waals surface area contributed by atoms with Crippen molar-refractivity contribution >= 4 is 0 Å². The summed E-state index contributed by atoms with van der Waals surface area (Å²) in [5, 5.41) is 0. The highest BCUT2D eigenvalue weighted by molar-refractivity contribution is 5.32. The Balaban J connectivity index is 2.15. The van der Waals surface area contributed by atoms with E-state index < -0.39 is 0 Å². The topological polar surface area (TPSA) is 0 Å². The average molecular weight is 339 g/mol. The zero-order valence-electron chi connectivity index (χ0n) is 16.5. The molecule has 0 fully saturated rings. The molecule has 0 N–H and O–H groups in total. The van der Waals surface area contributed by atoms with Crippen LogP contribution in [-0.2, 0) is 0 Å². The highest BCUT2D eigenvalue weighted by Gasteiger charge is 2.24. The molecule has 0 unspecified atom stereocenters. The number of hydrogen-bond acceptors (Lipinski definition) is 0. The van der Waals surface area contributed by atoms with Gasteiger partial charge in [-0.1, -0.05) is 87.4 Å². The minimum atomic E-state index is 0.503. The van der Waals surface area contributed by atoms with E-state index in [2.05, 4.69) is 81.6 Å². The van der Waals surface area contributed by atoms with Gasteiger partial charge in [0.2, 0.25) is 0 Å². The van der Waals surface area contributed by atoms with E-state index in [0.717, 1.165) is 0 Å². The number of rotatable bonds is 11. The van der Waals surface area contributed by atoms with Crippen molar-refractivity contribution in [3.8, 4) is 0 Å². The molecule has 0 amide bonds. The summed E-state index contributed by atoms with van der Waals surface area (Å²) in [4.78, 5) is 0. The highest BCUT2D eigenvalue weighted by atomic mass is 15.3. The van der Waals surface area contributed by atoms with Crippen LogP contribution in [0.4, 0.5) is 0 Å². The molecule has 0 spiro atoms. The Morgan fingerprint density at radius 1 is 0.680 bits per heavy atom. The van der Waals surface area contributed by atoms with E-state index in [0.29, 0.717) is 5.92 Å². The lowest BCUT2D eigenvalue weighted by atomic mass is 9.88. The Kier molecular flexibility index (Phi) is 8.21. The summed E-state index contributed by atoms with van der Waals surface area (Å²) in [6.07, 6.45) is 6.47. The second-order valence-electron chi connectivity index (χ2n) is 7.66. The molecular formula is C24H36N+. The molecule has 0 aliphatic heterocycles. The quantitative estimate of drug-likeness (QED) is 0.424. The van der Waals surface area contributed by atoms with Gasteiger partial charge < -0.3 is 4.48 Å². The second-order valence-corrected chi connectivity index (χ2v) is 7.66. The lowest BCUT2D eigenvalue weighted by molar-refractivity contribution is -0.910. The van der Waals surface area contributed by atoms with E-state index in [1.807, 2.05) is 0 Å². The molecule has 136 valence electrons. The predicted octanol–water partition coefficient (Wildman–Crippen LogP) is 6.26. The Bertz CT molecular complexity index is 528. The average Bonchev–Trinajstić information content (AvgIpc) is 2.67. The van der Waals surface area contributed by atoms with Crippen molar-refractivity contribution in [1.82, 2.24) is 0 Å². The van der Waals surface area contributed by atoms with Crippen LogP contribution in [0.3, 0.4) is 0 Å². The Hall–Kier alpha value is -1.60. The zero-order chi connectivity index (χ0) is 18.0. The third kappa shape index (κ3) is 6.32. The molecule has 0 saturated heterocycles. The first-order chi connectivity index (χ1) is 12.2. The fourth-order valence-corrected chi connectivity index (χ4v) is 3.75. The molecule has 1 nitrogen and oxygen atoms in total. The Morgan fingerprint density at radius 3 is 1.52 bits per heavy atom. The van der Waals surface area contributed by atoms with E-state index in [4.69, 9.17) is 0 Å². The van der Waals surface area contributed by atoms with Gasteiger partial charge in [0.1, 0.15) is 0 Å². The molecule has 0 aromatic heterocycles. The van der Waals surface area contributed by atoms with Gasteiger partial charge in [-0.25, -0.2) is 0 Å². The lowest BCUT2D eigenvalue weighted by Gasteiger charge is -2.36. The van der Waals surface area contributed by atoms with Crippen LogP contribution in [0.15, 0.2) is 60.7 Å². The van der Waals surface area contributed by atoms with Crippen LogP contribution >= 0.6 is 0 Å². The molecular weight excluding hydrogens is 302 g/mol. The van der Waals surface area contributed by atoms with Crippen LogP contribution in [-0.4, -0.2) is 31.2 Å². The van der Waals surface area contributed by atoms with E-state index >= 15 is 0 Å². The molecule has 0 radical (unpaired) electrons. The maximum absolute atomic E-state index is 2.47. The predicted molar refractivity (Wildman–Crippen MR) is 110 cm³/mol. The number of unbranched alkanes of at least 4 members (excludes halogenated alkanes) is 2. The molecule has 0 aliphatic carbocycles. The third-order valence-corrected chi connectivity index (χ3v) is 5.46.